The molecule has 0 saturated carbocycles. The lowest BCUT2D eigenvalue weighted by molar-refractivity contribution is 0.196. The first-order valence-corrected chi connectivity index (χ1v) is 7.63. The number of aryl methyl sites for hydroxylation is 1. The lowest BCUT2D eigenvalue weighted by Crippen LogP contribution is -2.26. The van der Waals surface area contributed by atoms with Crippen molar-refractivity contribution in [3.8, 4) is 0 Å². The topological polar surface area (TPSA) is 104 Å². The average Bonchev–Trinajstić information content (AvgIpc) is 2.73. The minimum atomic E-state index is -3.60. The molecule has 0 fully saturated rings. The third-order valence-electron chi connectivity index (χ3n) is 2.92. The molecule has 1 aromatic carbocycles. The monoisotopic (exact) mass is 299 g/mol. The van der Waals surface area contributed by atoms with Gasteiger partial charge in [0.05, 0.1) is 15.9 Å². The summed E-state index contributed by atoms with van der Waals surface area (Å²) in [6, 6.07) is 3.10. The summed E-state index contributed by atoms with van der Waals surface area (Å²) in [4.78, 5) is 16.5. The van der Waals surface area contributed by atoms with Crippen molar-refractivity contribution in [3.63, 3.8) is 0 Å². The molecule has 1 aromatic heterocycles. The Morgan fingerprint density at radius 2 is 1.90 bits per heavy atom. The van der Waals surface area contributed by atoms with Gasteiger partial charge in [0.15, 0.2) is 0 Å². The Morgan fingerprint density at radius 3 is 2.55 bits per heavy atom. The summed E-state index contributed by atoms with van der Waals surface area (Å²) in [5.41, 5.74) is 1.28. The lowest BCUT2D eigenvalue weighted by Gasteiger charge is -2.09. The molecule has 8 heteroatoms. The summed E-state index contributed by atoms with van der Waals surface area (Å²) in [5, 5.41) is 0. The predicted octanol–water partition coefficient (Wildman–Crippen LogP) is 0.479. The van der Waals surface area contributed by atoms with Crippen LogP contribution in [0, 0.1) is 6.92 Å². The number of aromatic nitrogens is 2. The van der Waals surface area contributed by atoms with Crippen LogP contribution in [-0.2, 0) is 14.8 Å². The Kier molecular flexibility index (Phi) is 4.26. The molecule has 7 nitrogen and oxygen atoms in total. The SMILES string of the molecule is COCCCNS(=O)(=O)c1cc2[nH]c(=O)[nH]c2cc1C. The van der Waals surface area contributed by atoms with Crippen LogP contribution in [0.5, 0.6) is 0 Å². The van der Waals surface area contributed by atoms with E-state index in [1.807, 2.05) is 0 Å². The number of sulfonamides is 1. The van der Waals surface area contributed by atoms with E-state index in [9.17, 15) is 13.2 Å². The van der Waals surface area contributed by atoms with Gasteiger partial charge in [-0.05, 0) is 31.0 Å². The molecular formula is C12H17N3O4S. The molecule has 110 valence electrons. The molecule has 2 rings (SSSR count). The third-order valence-corrected chi connectivity index (χ3v) is 4.52. The summed E-state index contributed by atoms with van der Waals surface area (Å²) in [5.74, 6) is 0. The summed E-state index contributed by atoms with van der Waals surface area (Å²) < 4.78 is 31.8. The number of imidazole rings is 1. The number of benzene rings is 1. The van der Waals surface area contributed by atoms with Crippen LogP contribution >= 0.6 is 0 Å². The van der Waals surface area contributed by atoms with E-state index in [1.165, 1.54) is 6.07 Å². The summed E-state index contributed by atoms with van der Waals surface area (Å²) in [6.45, 7) is 2.48. The molecule has 0 atom stereocenters. The quantitative estimate of drug-likeness (QED) is 0.675. The highest BCUT2D eigenvalue weighted by atomic mass is 32.2. The van der Waals surface area contributed by atoms with Crippen molar-refractivity contribution in [1.29, 1.82) is 0 Å². The fourth-order valence-corrected chi connectivity index (χ4v) is 3.29. The second-order valence-electron chi connectivity index (χ2n) is 4.49. The van der Waals surface area contributed by atoms with Gasteiger partial charge in [0.1, 0.15) is 0 Å². The number of aromatic amines is 2. The Morgan fingerprint density at radius 1 is 1.25 bits per heavy atom. The normalized spacial score (nSPS) is 12.1. The highest BCUT2D eigenvalue weighted by Gasteiger charge is 2.17. The zero-order valence-corrected chi connectivity index (χ0v) is 12.1. The van der Waals surface area contributed by atoms with Gasteiger partial charge in [0.2, 0.25) is 10.0 Å². The van der Waals surface area contributed by atoms with E-state index in [0.29, 0.717) is 36.2 Å². The Balaban J connectivity index is 2.30. The Labute approximate surface area is 116 Å². The molecule has 0 saturated heterocycles. The zero-order chi connectivity index (χ0) is 14.8. The minimum absolute atomic E-state index is 0.165. The van der Waals surface area contributed by atoms with Gasteiger partial charge in [-0.15, -0.1) is 0 Å². The molecule has 0 amide bonds. The molecule has 0 radical (unpaired) electrons. The molecule has 0 aliphatic carbocycles. The number of fused-ring (bicyclic) bond motifs is 1. The van der Waals surface area contributed by atoms with Crippen molar-refractivity contribution in [2.75, 3.05) is 20.3 Å². The summed E-state index contributed by atoms with van der Waals surface area (Å²) in [7, 11) is -2.03. The maximum Gasteiger partial charge on any atom is 0.323 e. The fourth-order valence-electron chi connectivity index (χ4n) is 1.96. The van der Waals surface area contributed by atoms with Crippen LogP contribution in [0.2, 0.25) is 0 Å². The van der Waals surface area contributed by atoms with E-state index in [4.69, 9.17) is 4.74 Å². The Bertz CT molecular complexity index is 761. The van der Waals surface area contributed by atoms with E-state index >= 15 is 0 Å². The van der Waals surface area contributed by atoms with Crippen molar-refractivity contribution in [3.05, 3.63) is 28.2 Å². The van der Waals surface area contributed by atoms with E-state index in [1.54, 1.807) is 20.1 Å². The van der Waals surface area contributed by atoms with Crippen LogP contribution in [0.15, 0.2) is 21.8 Å². The number of rotatable bonds is 6. The maximum atomic E-state index is 12.2. The van der Waals surface area contributed by atoms with Crippen molar-refractivity contribution in [2.24, 2.45) is 0 Å². The average molecular weight is 299 g/mol. The van der Waals surface area contributed by atoms with Gasteiger partial charge in [-0.3, -0.25) is 0 Å². The number of hydrogen-bond acceptors (Lipinski definition) is 4. The van der Waals surface area contributed by atoms with Crippen molar-refractivity contribution in [1.82, 2.24) is 14.7 Å². The highest BCUT2D eigenvalue weighted by molar-refractivity contribution is 7.89. The molecule has 0 spiro atoms. The van der Waals surface area contributed by atoms with Crippen molar-refractivity contribution >= 4 is 21.1 Å². The first-order chi connectivity index (χ1) is 9.44. The third kappa shape index (κ3) is 3.09. The van der Waals surface area contributed by atoms with E-state index in [0.717, 1.165) is 0 Å². The first kappa shape index (κ1) is 14.8. The first-order valence-electron chi connectivity index (χ1n) is 6.15. The lowest BCUT2D eigenvalue weighted by atomic mass is 10.2. The predicted molar refractivity (Wildman–Crippen MR) is 75.3 cm³/mol. The second-order valence-corrected chi connectivity index (χ2v) is 6.22. The number of methoxy groups -OCH3 is 1. The standard InChI is InChI=1S/C12H17N3O4S/c1-8-6-9-10(15-12(16)14-9)7-11(8)20(17,18)13-4-3-5-19-2/h6-7,13H,3-5H2,1-2H3,(H2,14,15,16). The number of ether oxygens (including phenoxy) is 1. The fraction of sp³-hybridized carbons (Fsp3) is 0.417. The van der Waals surface area contributed by atoms with Crippen LogP contribution in [0.25, 0.3) is 11.0 Å². The minimum Gasteiger partial charge on any atom is -0.385 e. The van der Waals surface area contributed by atoms with E-state index in [2.05, 4.69) is 14.7 Å². The van der Waals surface area contributed by atoms with Crippen LogP contribution in [-0.4, -0.2) is 38.6 Å². The van der Waals surface area contributed by atoms with Crippen LogP contribution < -0.4 is 10.4 Å². The zero-order valence-electron chi connectivity index (χ0n) is 11.3. The molecule has 2 aromatic rings. The molecule has 0 unspecified atom stereocenters. The molecule has 0 aliphatic rings. The smallest absolute Gasteiger partial charge is 0.323 e. The van der Waals surface area contributed by atoms with Gasteiger partial charge >= 0.3 is 5.69 Å². The van der Waals surface area contributed by atoms with Gasteiger partial charge in [0.25, 0.3) is 0 Å². The van der Waals surface area contributed by atoms with Gasteiger partial charge in [-0.1, -0.05) is 0 Å². The van der Waals surface area contributed by atoms with Crippen molar-refractivity contribution in [2.45, 2.75) is 18.2 Å². The molecule has 1 heterocycles. The highest BCUT2D eigenvalue weighted by Crippen LogP contribution is 2.20. The maximum absolute atomic E-state index is 12.2. The molecule has 0 aliphatic heterocycles. The second kappa shape index (κ2) is 5.78. The Hall–Kier alpha value is -1.64. The molecule has 3 N–H and O–H groups in total. The van der Waals surface area contributed by atoms with Crippen molar-refractivity contribution < 1.29 is 13.2 Å². The van der Waals surface area contributed by atoms with Gasteiger partial charge in [0, 0.05) is 20.3 Å². The number of hydrogen-bond donors (Lipinski definition) is 3. The summed E-state index contributed by atoms with van der Waals surface area (Å²) in [6.07, 6.45) is 0.595. The van der Waals surface area contributed by atoms with Crippen LogP contribution in [0.1, 0.15) is 12.0 Å². The van der Waals surface area contributed by atoms with Crippen LogP contribution in [0.3, 0.4) is 0 Å². The van der Waals surface area contributed by atoms with Crippen LogP contribution in [0.4, 0.5) is 0 Å². The van der Waals surface area contributed by atoms with Gasteiger partial charge in [-0.25, -0.2) is 17.9 Å². The van der Waals surface area contributed by atoms with E-state index < -0.39 is 10.0 Å². The number of nitrogens with one attached hydrogen (secondary N) is 3. The molecular weight excluding hydrogens is 282 g/mol. The molecule has 20 heavy (non-hydrogen) atoms. The van der Waals surface area contributed by atoms with Gasteiger partial charge in [-0.2, -0.15) is 0 Å². The van der Waals surface area contributed by atoms with E-state index in [-0.39, 0.29) is 10.6 Å². The summed E-state index contributed by atoms with van der Waals surface area (Å²) >= 11 is 0. The largest absolute Gasteiger partial charge is 0.385 e. The van der Waals surface area contributed by atoms with Gasteiger partial charge < -0.3 is 14.7 Å². The molecule has 0 bridgehead atoms. The number of H-pyrrole nitrogens is 2.